The van der Waals surface area contributed by atoms with Gasteiger partial charge in [0.05, 0.1) is 6.20 Å². The molecule has 1 atom stereocenters. The summed E-state index contributed by atoms with van der Waals surface area (Å²) in [7, 11) is -3.57. The number of hydrogen-bond acceptors (Lipinski definition) is 4. The molecule has 0 saturated heterocycles. The first-order valence-electron chi connectivity index (χ1n) is 6.51. The molecular weight excluding hydrogens is 276 g/mol. The summed E-state index contributed by atoms with van der Waals surface area (Å²) in [6.07, 6.45) is 7.09. The van der Waals surface area contributed by atoms with Crippen LogP contribution >= 0.6 is 0 Å². The monoisotopic (exact) mass is 294 g/mol. The van der Waals surface area contributed by atoms with Gasteiger partial charge in [-0.15, -0.1) is 0 Å². The first kappa shape index (κ1) is 14.7. The van der Waals surface area contributed by atoms with E-state index in [4.69, 9.17) is 0 Å². The Hall–Kier alpha value is -1.73. The van der Waals surface area contributed by atoms with Crippen LogP contribution in [0.25, 0.3) is 0 Å². The van der Waals surface area contributed by atoms with Crippen molar-refractivity contribution in [1.29, 1.82) is 0 Å². The summed E-state index contributed by atoms with van der Waals surface area (Å²) in [5.41, 5.74) is 0.863. The maximum absolute atomic E-state index is 12.3. The zero-order valence-corrected chi connectivity index (χ0v) is 12.3. The Labute approximate surface area is 118 Å². The first-order valence-corrected chi connectivity index (χ1v) is 7.99. The molecule has 0 saturated carbocycles. The van der Waals surface area contributed by atoms with Crippen LogP contribution < -0.4 is 4.72 Å². The Morgan fingerprint density at radius 2 is 2.15 bits per heavy atom. The number of sulfonamides is 1. The van der Waals surface area contributed by atoms with E-state index in [-0.39, 0.29) is 10.9 Å². The number of hydrogen-bond donors (Lipinski definition) is 1. The molecular formula is C13H18N4O2S. The smallest absolute Gasteiger partial charge is 0.242 e. The zero-order chi connectivity index (χ0) is 14.6. The molecule has 2 rings (SSSR count). The molecule has 0 amide bonds. The lowest BCUT2D eigenvalue weighted by atomic mass is 10.1. The normalized spacial score (nSPS) is 13.3. The molecule has 0 aliphatic heterocycles. The van der Waals surface area contributed by atoms with Crippen molar-refractivity contribution in [1.82, 2.24) is 19.5 Å². The molecule has 0 fully saturated rings. The summed E-state index contributed by atoms with van der Waals surface area (Å²) in [6, 6.07) is 2.84. The standard InChI is InChI=1S/C13H18N4O2S/c1-3-13(11-8-15-17(4-2)10-11)16-20(18,19)12-6-5-7-14-9-12/h5-10,13,16H,3-4H2,1-2H3. The number of nitrogens with one attached hydrogen (secondary N) is 1. The molecule has 20 heavy (non-hydrogen) atoms. The van der Waals surface area contributed by atoms with Gasteiger partial charge in [-0.25, -0.2) is 13.1 Å². The van der Waals surface area contributed by atoms with Crippen molar-refractivity contribution in [3.8, 4) is 0 Å². The zero-order valence-electron chi connectivity index (χ0n) is 11.5. The largest absolute Gasteiger partial charge is 0.273 e. The molecule has 108 valence electrons. The number of pyridine rings is 1. The summed E-state index contributed by atoms with van der Waals surface area (Å²) < 4.78 is 29.0. The summed E-state index contributed by atoms with van der Waals surface area (Å²) in [6.45, 7) is 4.67. The van der Waals surface area contributed by atoms with Gasteiger partial charge in [0.1, 0.15) is 4.90 Å². The highest BCUT2D eigenvalue weighted by Crippen LogP contribution is 2.19. The topological polar surface area (TPSA) is 76.9 Å². The Bertz CT molecular complexity index is 652. The van der Waals surface area contributed by atoms with Crippen LogP contribution in [0.5, 0.6) is 0 Å². The van der Waals surface area contributed by atoms with E-state index in [1.54, 1.807) is 23.1 Å². The molecule has 2 heterocycles. The second-order valence-corrected chi connectivity index (χ2v) is 6.11. The Morgan fingerprint density at radius 1 is 1.35 bits per heavy atom. The average molecular weight is 294 g/mol. The number of rotatable bonds is 6. The van der Waals surface area contributed by atoms with Crippen LogP contribution in [-0.4, -0.2) is 23.2 Å². The first-order chi connectivity index (χ1) is 9.56. The fourth-order valence-corrected chi connectivity index (χ4v) is 3.15. The van der Waals surface area contributed by atoms with Crippen LogP contribution in [-0.2, 0) is 16.6 Å². The molecule has 6 nitrogen and oxygen atoms in total. The van der Waals surface area contributed by atoms with Gasteiger partial charge in [-0.3, -0.25) is 9.67 Å². The molecule has 1 N–H and O–H groups in total. The van der Waals surface area contributed by atoms with Gasteiger partial charge in [-0.05, 0) is 25.5 Å². The van der Waals surface area contributed by atoms with Crippen LogP contribution in [0.15, 0.2) is 41.8 Å². The fraction of sp³-hybridized carbons (Fsp3) is 0.385. The van der Waals surface area contributed by atoms with Crippen LogP contribution in [0.1, 0.15) is 31.9 Å². The van der Waals surface area contributed by atoms with E-state index in [0.29, 0.717) is 6.42 Å². The van der Waals surface area contributed by atoms with Crippen molar-refractivity contribution in [3.63, 3.8) is 0 Å². The minimum atomic E-state index is -3.57. The van der Waals surface area contributed by atoms with E-state index < -0.39 is 10.0 Å². The molecule has 0 aliphatic carbocycles. The minimum absolute atomic E-state index is 0.168. The average Bonchev–Trinajstić information content (AvgIpc) is 2.94. The number of aryl methyl sites for hydroxylation is 1. The molecule has 0 bridgehead atoms. The van der Waals surface area contributed by atoms with Crippen LogP contribution in [0.3, 0.4) is 0 Å². The van der Waals surface area contributed by atoms with Crippen molar-refractivity contribution in [3.05, 3.63) is 42.5 Å². The molecule has 0 spiro atoms. The highest BCUT2D eigenvalue weighted by molar-refractivity contribution is 7.89. The van der Waals surface area contributed by atoms with Gasteiger partial charge in [0.15, 0.2) is 0 Å². The summed E-state index contributed by atoms with van der Waals surface area (Å²) in [5.74, 6) is 0. The maximum atomic E-state index is 12.3. The van der Waals surface area contributed by atoms with Gasteiger partial charge < -0.3 is 0 Å². The van der Waals surface area contributed by atoms with Crippen molar-refractivity contribution in [2.24, 2.45) is 0 Å². The van der Waals surface area contributed by atoms with E-state index in [9.17, 15) is 8.42 Å². The van der Waals surface area contributed by atoms with Gasteiger partial charge in [0.2, 0.25) is 10.0 Å². The quantitative estimate of drug-likeness (QED) is 0.880. The van der Waals surface area contributed by atoms with Crippen molar-refractivity contribution in [2.75, 3.05) is 0 Å². The predicted octanol–water partition coefficient (Wildman–Crippen LogP) is 1.73. The van der Waals surface area contributed by atoms with Gasteiger partial charge in [-0.1, -0.05) is 6.92 Å². The van der Waals surface area contributed by atoms with Gasteiger partial charge in [0.25, 0.3) is 0 Å². The molecule has 7 heteroatoms. The van der Waals surface area contributed by atoms with Gasteiger partial charge in [-0.2, -0.15) is 5.10 Å². The Balaban J connectivity index is 2.22. The third-order valence-corrected chi connectivity index (χ3v) is 4.49. The van der Waals surface area contributed by atoms with E-state index in [1.165, 1.54) is 12.3 Å². The molecule has 2 aromatic rings. The van der Waals surface area contributed by atoms with Crippen molar-refractivity contribution < 1.29 is 8.42 Å². The highest BCUT2D eigenvalue weighted by atomic mass is 32.2. The molecule has 0 aliphatic rings. The number of aromatic nitrogens is 3. The lowest BCUT2D eigenvalue weighted by molar-refractivity contribution is 0.549. The Kier molecular flexibility index (Phi) is 4.51. The summed E-state index contributed by atoms with van der Waals surface area (Å²) >= 11 is 0. The third-order valence-electron chi connectivity index (χ3n) is 3.03. The van der Waals surface area contributed by atoms with Crippen LogP contribution in [0, 0.1) is 0 Å². The second-order valence-electron chi connectivity index (χ2n) is 4.40. The maximum Gasteiger partial charge on any atom is 0.242 e. The second kappa shape index (κ2) is 6.15. The molecule has 0 radical (unpaired) electrons. The highest BCUT2D eigenvalue weighted by Gasteiger charge is 2.21. The lowest BCUT2D eigenvalue weighted by Crippen LogP contribution is -2.28. The molecule has 2 aromatic heterocycles. The van der Waals surface area contributed by atoms with Gasteiger partial charge >= 0.3 is 0 Å². The fourth-order valence-electron chi connectivity index (χ4n) is 1.88. The Morgan fingerprint density at radius 3 is 2.70 bits per heavy atom. The van der Waals surface area contributed by atoms with E-state index in [2.05, 4.69) is 14.8 Å². The van der Waals surface area contributed by atoms with E-state index in [0.717, 1.165) is 12.1 Å². The van der Waals surface area contributed by atoms with Gasteiger partial charge in [0, 0.05) is 36.7 Å². The van der Waals surface area contributed by atoms with Crippen LogP contribution in [0.4, 0.5) is 0 Å². The molecule has 1 unspecified atom stereocenters. The van der Waals surface area contributed by atoms with Crippen LogP contribution in [0.2, 0.25) is 0 Å². The van der Waals surface area contributed by atoms with E-state index >= 15 is 0 Å². The van der Waals surface area contributed by atoms with Crippen molar-refractivity contribution in [2.45, 2.75) is 37.8 Å². The number of nitrogens with zero attached hydrogens (tertiary/aromatic N) is 3. The SMILES string of the molecule is CCC(NS(=O)(=O)c1cccnc1)c1cnn(CC)c1. The lowest BCUT2D eigenvalue weighted by Gasteiger charge is -2.15. The van der Waals surface area contributed by atoms with Crippen molar-refractivity contribution >= 4 is 10.0 Å². The van der Waals surface area contributed by atoms with E-state index in [1.807, 2.05) is 20.0 Å². The summed E-state index contributed by atoms with van der Waals surface area (Å²) in [5, 5.41) is 4.18. The summed E-state index contributed by atoms with van der Waals surface area (Å²) in [4.78, 5) is 4.01. The molecule has 0 aromatic carbocycles. The minimum Gasteiger partial charge on any atom is -0.273 e. The predicted molar refractivity (Wildman–Crippen MR) is 75.5 cm³/mol. The third kappa shape index (κ3) is 3.23.